The van der Waals surface area contributed by atoms with Gasteiger partial charge in [-0.05, 0) is 19.1 Å². The van der Waals surface area contributed by atoms with E-state index in [1.807, 2.05) is 31.2 Å². The molecule has 0 unspecified atom stereocenters. The van der Waals surface area contributed by atoms with Gasteiger partial charge >= 0.3 is 0 Å². The topological polar surface area (TPSA) is 98.1 Å². The number of benzene rings is 1. The number of ketones is 1. The van der Waals surface area contributed by atoms with Crippen LogP contribution in [-0.2, 0) is 11.2 Å². The zero-order valence-corrected chi connectivity index (χ0v) is 14.4. The van der Waals surface area contributed by atoms with Crippen LogP contribution in [0.1, 0.15) is 29.8 Å². The van der Waals surface area contributed by atoms with Crippen LogP contribution in [-0.4, -0.2) is 48.9 Å². The van der Waals surface area contributed by atoms with Crippen LogP contribution in [0.15, 0.2) is 34.5 Å². The zero-order chi connectivity index (χ0) is 17.2. The van der Waals surface area contributed by atoms with Crippen LogP contribution in [0.4, 0.5) is 0 Å². The Labute approximate surface area is 147 Å². The number of carbonyl (C=O) groups is 1. The van der Waals surface area contributed by atoms with Crippen LogP contribution in [0.5, 0.6) is 0 Å². The molecule has 8 nitrogen and oxygen atoms in total. The summed E-state index contributed by atoms with van der Waals surface area (Å²) < 4.78 is 7.12. The third-order valence-electron chi connectivity index (χ3n) is 3.75. The molecule has 0 aliphatic carbocycles. The van der Waals surface area contributed by atoms with Gasteiger partial charge in [0.2, 0.25) is 11.1 Å². The van der Waals surface area contributed by atoms with Crippen molar-refractivity contribution in [2.24, 2.45) is 5.10 Å². The first kappa shape index (κ1) is 15.8. The van der Waals surface area contributed by atoms with E-state index in [9.17, 15) is 4.79 Å². The van der Waals surface area contributed by atoms with Crippen LogP contribution < -0.4 is 0 Å². The summed E-state index contributed by atoms with van der Waals surface area (Å²) in [5, 5.41) is 13.4. The van der Waals surface area contributed by atoms with Crippen molar-refractivity contribution < 1.29 is 9.53 Å². The van der Waals surface area contributed by atoms with Crippen molar-refractivity contribution in [3.63, 3.8) is 0 Å². The van der Waals surface area contributed by atoms with Gasteiger partial charge in [0.1, 0.15) is 0 Å². The summed E-state index contributed by atoms with van der Waals surface area (Å²) in [5.74, 6) is 2.23. The molecule has 0 fully saturated rings. The standard InChI is InChI=1S/C16H16N6O2S/c1-2-24-14-9-25-16-20-19-13(22(16)21-14)8-7-12(23)15-17-10-5-3-4-6-11(10)18-15/h3-6H,2,7-9H2,1H3,(H,17,18). The van der Waals surface area contributed by atoms with Crippen molar-refractivity contribution in [3.05, 3.63) is 35.9 Å². The number of para-hydroxylation sites is 2. The van der Waals surface area contributed by atoms with Crippen LogP contribution in [0.3, 0.4) is 0 Å². The number of aryl methyl sites for hydroxylation is 1. The molecule has 0 atom stereocenters. The second-order valence-corrected chi connectivity index (χ2v) is 6.39. The minimum absolute atomic E-state index is 0.0639. The number of imidazole rings is 1. The molecular weight excluding hydrogens is 340 g/mol. The molecule has 0 amide bonds. The first-order valence-electron chi connectivity index (χ1n) is 8.00. The van der Waals surface area contributed by atoms with Crippen molar-refractivity contribution in [3.8, 4) is 0 Å². The Balaban J connectivity index is 1.49. The van der Waals surface area contributed by atoms with Gasteiger partial charge in [-0.2, -0.15) is 4.68 Å². The second kappa shape index (κ2) is 6.67. The van der Waals surface area contributed by atoms with E-state index in [1.54, 1.807) is 4.68 Å². The van der Waals surface area contributed by atoms with Crippen molar-refractivity contribution in [1.29, 1.82) is 0 Å². The lowest BCUT2D eigenvalue weighted by Crippen LogP contribution is -2.16. The number of aromatic amines is 1. The number of hydrogen-bond acceptors (Lipinski definition) is 7. The molecule has 25 heavy (non-hydrogen) atoms. The number of nitrogens with one attached hydrogen (secondary N) is 1. The molecule has 1 aromatic carbocycles. The molecule has 128 valence electrons. The first-order chi connectivity index (χ1) is 12.2. The van der Waals surface area contributed by atoms with E-state index in [1.165, 1.54) is 11.8 Å². The maximum atomic E-state index is 12.4. The Morgan fingerprint density at radius 3 is 3.08 bits per heavy atom. The molecule has 0 radical (unpaired) electrons. The number of carbonyl (C=O) groups excluding carboxylic acids is 1. The van der Waals surface area contributed by atoms with Gasteiger partial charge in [-0.25, -0.2) is 4.98 Å². The lowest BCUT2D eigenvalue weighted by Gasteiger charge is -2.13. The highest BCUT2D eigenvalue weighted by Crippen LogP contribution is 2.22. The van der Waals surface area contributed by atoms with Gasteiger partial charge in [0.15, 0.2) is 17.4 Å². The summed E-state index contributed by atoms with van der Waals surface area (Å²) in [6.45, 7) is 2.48. The lowest BCUT2D eigenvalue weighted by atomic mass is 10.2. The van der Waals surface area contributed by atoms with Gasteiger partial charge in [-0.1, -0.05) is 23.9 Å². The minimum Gasteiger partial charge on any atom is -0.479 e. The second-order valence-electron chi connectivity index (χ2n) is 5.45. The summed E-state index contributed by atoms with van der Waals surface area (Å²) >= 11 is 1.52. The number of rotatable bonds is 5. The Morgan fingerprint density at radius 2 is 2.24 bits per heavy atom. The summed E-state index contributed by atoms with van der Waals surface area (Å²) in [6.07, 6.45) is 0.717. The Morgan fingerprint density at radius 1 is 1.36 bits per heavy atom. The van der Waals surface area contributed by atoms with Crippen LogP contribution >= 0.6 is 11.8 Å². The van der Waals surface area contributed by atoms with Gasteiger partial charge in [-0.15, -0.1) is 15.3 Å². The molecule has 9 heteroatoms. The third-order valence-corrected chi connectivity index (χ3v) is 4.66. The number of nitrogens with zero attached hydrogens (tertiary/aromatic N) is 5. The van der Waals surface area contributed by atoms with E-state index in [-0.39, 0.29) is 12.2 Å². The minimum atomic E-state index is -0.0639. The molecule has 2 aromatic heterocycles. The van der Waals surface area contributed by atoms with Crippen LogP contribution in [0, 0.1) is 0 Å². The van der Waals surface area contributed by atoms with Crippen molar-refractivity contribution in [2.75, 3.05) is 12.4 Å². The maximum absolute atomic E-state index is 12.4. The Hall–Kier alpha value is -2.68. The summed E-state index contributed by atoms with van der Waals surface area (Å²) in [5.41, 5.74) is 1.64. The predicted octanol–water partition coefficient (Wildman–Crippen LogP) is 2.27. The monoisotopic (exact) mass is 356 g/mol. The number of thioether (sulfide) groups is 1. The molecule has 0 saturated carbocycles. The molecule has 1 aliphatic heterocycles. The number of fused-ring (bicyclic) bond motifs is 2. The van der Waals surface area contributed by atoms with Crippen molar-refractivity contribution in [2.45, 2.75) is 24.9 Å². The van der Waals surface area contributed by atoms with Gasteiger partial charge in [0.25, 0.3) is 0 Å². The lowest BCUT2D eigenvalue weighted by molar-refractivity contribution is 0.0973. The van der Waals surface area contributed by atoms with E-state index in [0.717, 1.165) is 16.2 Å². The number of Topliss-reactive ketones (excluding diaryl/α,β-unsaturated/α-hetero) is 1. The van der Waals surface area contributed by atoms with Crippen LogP contribution in [0.2, 0.25) is 0 Å². The molecule has 1 N–H and O–H groups in total. The number of aromatic nitrogens is 5. The molecule has 0 bridgehead atoms. The fraction of sp³-hybridized carbons (Fsp3) is 0.312. The van der Waals surface area contributed by atoms with E-state index < -0.39 is 0 Å². The fourth-order valence-electron chi connectivity index (χ4n) is 2.57. The maximum Gasteiger partial charge on any atom is 0.217 e. The quantitative estimate of drug-likeness (QED) is 0.704. The average molecular weight is 356 g/mol. The third kappa shape index (κ3) is 3.14. The SMILES string of the molecule is CCOC1=Nn2c(CCC(=O)c3nc4ccccc4[nH]3)nnc2SC1. The van der Waals surface area contributed by atoms with Gasteiger partial charge in [0.05, 0.1) is 23.4 Å². The largest absolute Gasteiger partial charge is 0.479 e. The molecule has 0 saturated heterocycles. The molecular formula is C16H16N6O2S. The smallest absolute Gasteiger partial charge is 0.217 e. The molecule has 0 spiro atoms. The van der Waals surface area contributed by atoms with Gasteiger partial charge in [0, 0.05) is 12.8 Å². The van der Waals surface area contributed by atoms with Crippen molar-refractivity contribution in [1.82, 2.24) is 24.8 Å². The van der Waals surface area contributed by atoms with E-state index in [4.69, 9.17) is 4.74 Å². The average Bonchev–Trinajstić information content (AvgIpc) is 3.24. The molecule has 3 heterocycles. The van der Waals surface area contributed by atoms with Crippen molar-refractivity contribution >= 4 is 34.5 Å². The van der Waals surface area contributed by atoms with E-state index >= 15 is 0 Å². The van der Waals surface area contributed by atoms with Crippen LogP contribution in [0.25, 0.3) is 11.0 Å². The normalized spacial score (nSPS) is 13.6. The highest BCUT2D eigenvalue weighted by atomic mass is 32.2. The summed E-state index contributed by atoms with van der Waals surface area (Å²) in [4.78, 5) is 19.8. The number of ether oxygens (including phenoxy) is 1. The Bertz CT molecular complexity index is 928. The summed E-state index contributed by atoms with van der Waals surface area (Å²) in [6, 6.07) is 7.57. The van der Waals surface area contributed by atoms with Gasteiger partial charge < -0.3 is 9.72 Å². The van der Waals surface area contributed by atoms with E-state index in [2.05, 4.69) is 25.3 Å². The number of H-pyrrole nitrogens is 1. The Kier molecular flexibility index (Phi) is 4.22. The van der Waals surface area contributed by atoms with E-state index in [0.29, 0.717) is 36.3 Å². The zero-order valence-electron chi connectivity index (χ0n) is 13.6. The first-order valence-corrected chi connectivity index (χ1v) is 8.99. The highest BCUT2D eigenvalue weighted by molar-refractivity contribution is 7.99. The molecule has 4 rings (SSSR count). The fourth-order valence-corrected chi connectivity index (χ4v) is 3.34. The molecule has 1 aliphatic rings. The summed E-state index contributed by atoms with van der Waals surface area (Å²) in [7, 11) is 0. The highest BCUT2D eigenvalue weighted by Gasteiger charge is 2.20. The number of hydrogen-bond donors (Lipinski definition) is 1. The molecule has 3 aromatic rings. The van der Waals surface area contributed by atoms with Gasteiger partial charge in [-0.3, -0.25) is 4.79 Å². The predicted molar refractivity (Wildman–Crippen MR) is 94.0 cm³/mol.